The highest BCUT2D eigenvalue weighted by molar-refractivity contribution is 6.10. The van der Waals surface area contributed by atoms with E-state index in [1.165, 1.54) is 29.1 Å². The summed E-state index contributed by atoms with van der Waals surface area (Å²) in [6.07, 6.45) is 1.48. The third-order valence-corrected chi connectivity index (χ3v) is 5.86. The second-order valence-electron chi connectivity index (χ2n) is 8.25. The van der Waals surface area contributed by atoms with Gasteiger partial charge in [0.1, 0.15) is 34.2 Å². The molecular weight excluding hydrogens is 467 g/mol. The predicted molar refractivity (Wildman–Crippen MR) is 130 cm³/mol. The highest BCUT2D eigenvalue weighted by Gasteiger charge is 2.32. The summed E-state index contributed by atoms with van der Waals surface area (Å²) in [4.78, 5) is 30.3. The van der Waals surface area contributed by atoms with Crippen molar-refractivity contribution in [1.29, 1.82) is 0 Å². The van der Waals surface area contributed by atoms with Crippen LogP contribution >= 0.6 is 0 Å². The van der Waals surface area contributed by atoms with Crippen LogP contribution in [-0.2, 0) is 0 Å². The SMILES string of the molecule is COc1ccc(NC(=O)c2cnn3c2N=C(c2c(O)cc(C)oc2=O)C[C@H]3c2cccc(F)c2)cc1. The molecule has 182 valence electrons. The molecule has 1 atom stereocenters. The first-order valence-corrected chi connectivity index (χ1v) is 11.0. The van der Waals surface area contributed by atoms with Gasteiger partial charge in [0.2, 0.25) is 0 Å². The van der Waals surface area contributed by atoms with Crippen LogP contribution in [0.15, 0.2) is 75.0 Å². The minimum absolute atomic E-state index is 0.110. The van der Waals surface area contributed by atoms with Gasteiger partial charge < -0.3 is 19.6 Å². The van der Waals surface area contributed by atoms with Crippen LogP contribution in [0.3, 0.4) is 0 Å². The number of hydrogen-bond donors (Lipinski definition) is 2. The fourth-order valence-corrected chi connectivity index (χ4v) is 4.16. The number of hydrogen-bond acceptors (Lipinski definition) is 7. The smallest absolute Gasteiger partial charge is 0.348 e. The summed E-state index contributed by atoms with van der Waals surface area (Å²) in [5.74, 6) is -0.178. The summed E-state index contributed by atoms with van der Waals surface area (Å²) in [6.45, 7) is 1.54. The normalized spacial score (nSPS) is 14.6. The molecule has 0 unspecified atom stereocenters. The zero-order valence-corrected chi connectivity index (χ0v) is 19.4. The molecular formula is C26H21FN4O5. The molecule has 5 rings (SSSR count). The molecule has 2 aromatic heterocycles. The lowest BCUT2D eigenvalue weighted by Gasteiger charge is -2.25. The lowest BCUT2D eigenvalue weighted by molar-refractivity contribution is 0.102. The standard InChI is InChI=1S/C26H21FN4O5/c1-14-10-22(32)23(26(34)36-14)20-12-21(15-4-3-5-16(27)11-15)31-24(30-20)19(13-28-31)25(33)29-17-6-8-18(35-2)9-7-17/h3-11,13,21,32H,12H2,1-2H3,(H,29,33)/t21-/m0/s1. The molecule has 2 N–H and O–H groups in total. The number of carbonyl (C=O) groups is 1. The quantitative estimate of drug-likeness (QED) is 0.431. The number of methoxy groups -OCH3 is 1. The Hall–Kier alpha value is -4.73. The monoisotopic (exact) mass is 488 g/mol. The van der Waals surface area contributed by atoms with Crippen molar-refractivity contribution in [2.24, 2.45) is 4.99 Å². The van der Waals surface area contributed by atoms with Gasteiger partial charge in [-0.05, 0) is 48.9 Å². The van der Waals surface area contributed by atoms with Gasteiger partial charge in [0.15, 0.2) is 5.82 Å². The first-order chi connectivity index (χ1) is 17.3. The van der Waals surface area contributed by atoms with Gasteiger partial charge in [-0.3, -0.25) is 4.79 Å². The van der Waals surface area contributed by atoms with Crippen LogP contribution in [0.5, 0.6) is 11.5 Å². The molecule has 1 aliphatic rings. The Labute approximate surface area is 204 Å². The van der Waals surface area contributed by atoms with Crippen molar-refractivity contribution in [1.82, 2.24) is 9.78 Å². The van der Waals surface area contributed by atoms with Crippen molar-refractivity contribution in [3.8, 4) is 11.5 Å². The van der Waals surface area contributed by atoms with Crippen molar-refractivity contribution in [2.45, 2.75) is 19.4 Å². The van der Waals surface area contributed by atoms with E-state index in [0.29, 0.717) is 17.0 Å². The van der Waals surface area contributed by atoms with Crippen molar-refractivity contribution in [3.05, 3.63) is 99.5 Å². The van der Waals surface area contributed by atoms with Gasteiger partial charge in [-0.15, -0.1) is 0 Å². The summed E-state index contributed by atoms with van der Waals surface area (Å²) >= 11 is 0. The van der Waals surface area contributed by atoms with Crippen molar-refractivity contribution in [3.63, 3.8) is 0 Å². The number of aryl methyl sites for hydroxylation is 1. The van der Waals surface area contributed by atoms with Crippen molar-refractivity contribution < 1.29 is 23.4 Å². The number of carbonyl (C=O) groups excluding carboxylic acids is 1. The van der Waals surface area contributed by atoms with E-state index < -0.39 is 23.4 Å². The maximum Gasteiger partial charge on any atom is 0.348 e. The molecule has 1 amide bonds. The number of nitrogens with zero attached hydrogens (tertiary/aromatic N) is 3. The van der Waals surface area contributed by atoms with Crippen LogP contribution < -0.4 is 15.7 Å². The second kappa shape index (κ2) is 9.14. The number of fused-ring (bicyclic) bond motifs is 1. The number of aliphatic imine (C=N–C) groups is 1. The Morgan fingerprint density at radius 2 is 2.00 bits per heavy atom. The number of ether oxygens (including phenoxy) is 1. The van der Waals surface area contributed by atoms with Crippen LogP contribution in [0, 0.1) is 12.7 Å². The molecule has 0 saturated heterocycles. The van der Waals surface area contributed by atoms with Gasteiger partial charge >= 0.3 is 5.63 Å². The van der Waals surface area contributed by atoms with E-state index in [4.69, 9.17) is 9.15 Å². The van der Waals surface area contributed by atoms with Crippen molar-refractivity contribution >= 4 is 23.1 Å². The molecule has 9 nitrogen and oxygen atoms in total. The molecule has 0 spiro atoms. The highest BCUT2D eigenvalue weighted by atomic mass is 19.1. The summed E-state index contributed by atoms with van der Waals surface area (Å²) in [7, 11) is 1.55. The molecule has 0 fully saturated rings. The van der Waals surface area contributed by atoms with Gasteiger partial charge in [-0.25, -0.2) is 18.9 Å². The van der Waals surface area contributed by atoms with Gasteiger partial charge in [-0.2, -0.15) is 5.10 Å². The largest absolute Gasteiger partial charge is 0.507 e. The number of halogens is 1. The molecule has 0 aliphatic carbocycles. The molecule has 4 aromatic rings. The van der Waals surface area contributed by atoms with Gasteiger partial charge in [0.05, 0.1) is 25.1 Å². The minimum Gasteiger partial charge on any atom is -0.507 e. The fraction of sp³-hybridized carbons (Fsp3) is 0.154. The number of amides is 1. The Bertz CT molecular complexity index is 1560. The van der Waals surface area contributed by atoms with E-state index in [0.717, 1.165) is 0 Å². The van der Waals surface area contributed by atoms with Gasteiger partial charge in [0, 0.05) is 18.2 Å². The van der Waals surface area contributed by atoms with Gasteiger partial charge in [0.25, 0.3) is 5.91 Å². The van der Waals surface area contributed by atoms with Crippen LogP contribution in [0.4, 0.5) is 15.9 Å². The number of aromatic nitrogens is 2. The second-order valence-corrected chi connectivity index (χ2v) is 8.25. The number of anilines is 1. The van der Waals surface area contributed by atoms with E-state index in [1.54, 1.807) is 50.4 Å². The molecule has 0 bridgehead atoms. The number of nitrogens with one attached hydrogen (secondary N) is 1. The Balaban J connectivity index is 1.61. The topological polar surface area (TPSA) is 119 Å². The Morgan fingerprint density at radius 3 is 2.69 bits per heavy atom. The minimum atomic E-state index is -0.763. The van der Waals surface area contributed by atoms with E-state index in [-0.39, 0.29) is 40.6 Å². The molecule has 0 radical (unpaired) electrons. The fourth-order valence-electron chi connectivity index (χ4n) is 4.16. The third kappa shape index (κ3) is 4.24. The maximum absolute atomic E-state index is 14.1. The maximum atomic E-state index is 14.1. The third-order valence-electron chi connectivity index (χ3n) is 5.86. The van der Waals surface area contributed by atoms with E-state index in [1.807, 2.05) is 0 Å². The lowest BCUT2D eigenvalue weighted by atomic mass is 9.96. The van der Waals surface area contributed by atoms with Gasteiger partial charge in [-0.1, -0.05) is 12.1 Å². The van der Waals surface area contributed by atoms with E-state index >= 15 is 0 Å². The van der Waals surface area contributed by atoms with Crippen molar-refractivity contribution in [2.75, 3.05) is 12.4 Å². The summed E-state index contributed by atoms with van der Waals surface area (Å²) < 4.78 is 25.9. The van der Waals surface area contributed by atoms with E-state index in [9.17, 15) is 19.1 Å². The molecule has 36 heavy (non-hydrogen) atoms. The average molecular weight is 488 g/mol. The number of aromatic hydroxyl groups is 1. The van der Waals surface area contributed by atoms with Crippen LogP contribution in [-0.4, -0.2) is 33.6 Å². The van der Waals surface area contributed by atoms with Crippen LogP contribution in [0.2, 0.25) is 0 Å². The summed E-state index contributed by atoms with van der Waals surface area (Å²) in [5.41, 5.74) is 0.545. The molecule has 10 heteroatoms. The first-order valence-electron chi connectivity index (χ1n) is 11.0. The predicted octanol–water partition coefficient (Wildman–Crippen LogP) is 4.36. The van der Waals surface area contributed by atoms with E-state index in [2.05, 4.69) is 15.4 Å². The van der Waals surface area contributed by atoms with Crippen LogP contribution in [0.25, 0.3) is 0 Å². The Kier molecular flexibility index (Phi) is 5.85. The number of rotatable bonds is 5. The highest BCUT2D eigenvalue weighted by Crippen LogP contribution is 2.37. The summed E-state index contributed by atoms with van der Waals surface area (Å²) in [6, 6.07) is 13.5. The zero-order valence-electron chi connectivity index (χ0n) is 19.4. The molecule has 1 aliphatic heterocycles. The molecule has 0 saturated carbocycles. The first kappa shape index (κ1) is 23.0. The Morgan fingerprint density at radius 1 is 1.22 bits per heavy atom. The zero-order chi connectivity index (χ0) is 25.4. The number of benzene rings is 2. The van der Waals surface area contributed by atoms with Crippen LogP contribution in [0.1, 0.15) is 39.7 Å². The lowest BCUT2D eigenvalue weighted by Crippen LogP contribution is -2.25. The molecule has 2 aromatic carbocycles. The summed E-state index contributed by atoms with van der Waals surface area (Å²) in [5, 5.41) is 17.7. The average Bonchev–Trinajstić information content (AvgIpc) is 3.27. The molecule has 3 heterocycles.